The molecule has 1 aromatic heterocycles. The summed E-state index contributed by atoms with van der Waals surface area (Å²) in [5.74, 6) is 2.13. The monoisotopic (exact) mass is 304 g/mol. The van der Waals surface area contributed by atoms with Gasteiger partial charge in [0.2, 0.25) is 17.7 Å². The maximum absolute atomic E-state index is 12.0. The Hall–Kier alpha value is -1.92. The molecule has 7 heteroatoms. The van der Waals surface area contributed by atoms with Crippen molar-refractivity contribution in [1.82, 2.24) is 20.4 Å². The molecule has 0 unspecified atom stereocenters. The summed E-state index contributed by atoms with van der Waals surface area (Å²) in [5.41, 5.74) is 0. The van der Waals surface area contributed by atoms with Crippen LogP contribution in [0.2, 0.25) is 0 Å². The molecular formula is C15H20N4O3. The van der Waals surface area contributed by atoms with Crippen LogP contribution in [-0.2, 0) is 9.59 Å². The molecule has 2 amide bonds. The summed E-state index contributed by atoms with van der Waals surface area (Å²) in [7, 11) is 0. The SMILES string of the molecule is O=C1CC[C@@H](c2nc(C3CCN(C(=O)C4CC4)CC3)no2)N1. The Morgan fingerprint density at radius 3 is 2.59 bits per heavy atom. The number of amides is 2. The Labute approximate surface area is 128 Å². The average molecular weight is 304 g/mol. The topological polar surface area (TPSA) is 88.3 Å². The van der Waals surface area contributed by atoms with Gasteiger partial charge in [0.25, 0.3) is 0 Å². The lowest BCUT2D eigenvalue weighted by atomic mass is 9.96. The highest BCUT2D eigenvalue weighted by atomic mass is 16.5. The van der Waals surface area contributed by atoms with Crippen LogP contribution in [0, 0.1) is 5.92 Å². The van der Waals surface area contributed by atoms with Crippen molar-refractivity contribution in [2.45, 2.75) is 50.5 Å². The first-order valence-electron chi connectivity index (χ1n) is 8.12. The van der Waals surface area contributed by atoms with Gasteiger partial charge in [-0.1, -0.05) is 5.16 Å². The quantitative estimate of drug-likeness (QED) is 0.904. The van der Waals surface area contributed by atoms with Crippen molar-refractivity contribution in [2.75, 3.05) is 13.1 Å². The molecule has 3 aliphatic rings. The van der Waals surface area contributed by atoms with E-state index in [-0.39, 0.29) is 17.9 Å². The number of piperidine rings is 1. The molecule has 1 aliphatic carbocycles. The zero-order valence-electron chi connectivity index (χ0n) is 12.5. The number of hydrogen-bond donors (Lipinski definition) is 1. The van der Waals surface area contributed by atoms with Crippen LogP contribution >= 0.6 is 0 Å². The van der Waals surface area contributed by atoms with Gasteiger partial charge in [-0.25, -0.2) is 0 Å². The van der Waals surface area contributed by atoms with Crippen molar-refractivity contribution < 1.29 is 14.1 Å². The van der Waals surface area contributed by atoms with E-state index >= 15 is 0 Å². The van der Waals surface area contributed by atoms with Gasteiger partial charge in [0, 0.05) is 31.3 Å². The van der Waals surface area contributed by atoms with E-state index in [1.807, 2.05) is 4.90 Å². The molecule has 2 saturated heterocycles. The first-order valence-corrected chi connectivity index (χ1v) is 8.12. The van der Waals surface area contributed by atoms with Gasteiger partial charge >= 0.3 is 0 Å². The standard InChI is InChI=1S/C15H20N4O3/c20-12-4-3-11(16-12)14-17-13(18-22-14)9-5-7-19(8-6-9)15(21)10-1-2-10/h9-11H,1-8H2,(H,16,20)/t11-/m0/s1. The summed E-state index contributed by atoms with van der Waals surface area (Å²) in [5, 5.41) is 6.93. The maximum atomic E-state index is 12.0. The minimum Gasteiger partial charge on any atom is -0.344 e. The zero-order valence-corrected chi connectivity index (χ0v) is 12.5. The third-order valence-electron chi connectivity index (χ3n) is 4.85. The second-order valence-electron chi connectivity index (χ2n) is 6.52. The molecule has 0 spiro atoms. The van der Waals surface area contributed by atoms with Crippen molar-refractivity contribution >= 4 is 11.8 Å². The number of nitrogens with zero attached hydrogens (tertiary/aromatic N) is 3. The number of carbonyl (C=O) groups is 2. The van der Waals surface area contributed by atoms with Crippen molar-refractivity contribution in [3.63, 3.8) is 0 Å². The maximum Gasteiger partial charge on any atom is 0.249 e. The normalized spacial score (nSPS) is 26.3. The van der Waals surface area contributed by atoms with Gasteiger partial charge in [0.15, 0.2) is 5.82 Å². The van der Waals surface area contributed by atoms with Gasteiger partial charge < -0.3 is 14.7 Å². The molecule has 0 bridgehead atoms. The Bertz CT molecular complexity index is 587. The minimum atomic E-state index is -0.134. The largest absolute Gasteiger partial charge is 0.344 e. The lowest BCUT2D eigenvalue weighted by Crippen LogP contribution is -2.38. The molecule has 1 N–H and O–H groups in total. The van der Waals surface area contributed by atoms with Crippen LogP contribution < -0.4 is 5.32 Å². The molecule has 3 heterocycles. The molecule has 0 radical (unpaired) electrons. The number of aromatic nitrogens is 2. The summed E-state index contributed by atoms with van der Waals surface area (Å²) in [6, 6.07) is -0.134. The number of rotatable bonds is 3. The van der Waals surface area contributed by atoms with E-state index in [1.165, 1.54) is 0 Å². The predicted molar refractivity (Wildman–Crippen MR) is 75.7 cm³/mol. The molecule has 7 nitrogen and oxygen atoms in total. The van der Waals surface area contributed by atoms with E-state index in [9.17, 15) is 9.59 Å². The van der Waals surface area contributed by atoms with Gasteiger partial charge in [0.1, 0.15) is 6.04 Å². The molecule has 0 aromatic carbocycles. The zero-order chi connectivity index (χ0) is 15.1. The fourth-order valence-electron chi connectivity index (χ4n) is 3.30. The van der Waals surface area contributed by atoms with Gasteiger partial charge in [0.05, 0.1) is 0 Å². The fourth-order valence-corrected chi connectivity index (χ4v) is 3.30. The fraction of sp³-hybridized carbons (Fsp3) is 0.733. The summed E-state index contributed by atoms with van der Waals surface area (Å²) in [6.45, 7) is 1.56. The summed E-state index contributed by atoms with van der Waals surface area (Å²) < 4.78 is 5.32. The lowest BCUT2D eigenvalue weighted by molar-refractivity contribution is -0.133. The highest BCUT2D eigenvalue weighted by molar-refractivity contribution is 5.81. The highest BCUT2D eigenvalue weighted by Gasteiger charge is 2.36. The number of nitrogens with one attached hydrogen (secondary N) is 1. The number of carbonyl (C=O) groups excluding carboxylic acids is 2. The summed E-state index contributed by atoms with van der Waals surface area (Å²) >= 11 is 0. The van der Waals surface area contributed by atoms with Crippen LogP contribution in [0.15, 0.2) is 4.52 Å². The summed E-state index contributed by atoms with van der Waals surface area (Å²) in [6.07, 6.45) is 5.11. The van der Waals surface area contributed by atoms with Crippen LogP contribution in [0.25, 0.3) is 0 Å². The molecule has 2 aliphatic heterocycles. The van der Waals surface area contributed by atoms with Crippen molar-refractivity contribution in [2.24, 2.45) is 5.92 Å². The first-order chi connectivity index (χ1) is 10.7. The van der Waals surface area contributed by atoms with Gasteiger partial charge in [-0.2, -0.15) is 4.98 Å². The summed E-state index contributed by atoms with van der Waals surface area (Å²) in [4.78, 5) is 29.8. The lowest BCUT2D eigenvalue weighted by Gasteiger charge is -2.30. The first kappa shape index (κ1) is 13.7. The van der Waals surface area contributed by atoms with E-state index in [1.54, 1.807) is 0 Å². The van der Waals surface area contributed by atoms with Crippen LogP contribution in [0.1, 0.15) is 62.2 Å². The van der Waals surface area contributed by atoms with Crippen molar-refractivity contribution in [3.05, 3.63) is 11.7 Å². The average Bonchev–Trinajstić information content (AvgIpc) is 3.11. The smallest absolute Gasteiger partial charge is 0.249 e. The molecule has 1 atom stereocenters. The van der Waals surface area contributed by atoms with Crippen LogP contribution in [-0.4, -0.2) is 39.9 Å². The van der Waals surface area contributed by atoms with E-state index in [2.05, 4.69) is 15.5 Å². The van der Waals surface area contributed by atoms with Crippen LogP contribution in [0.3, 0.4) is 0 Å². The van der Waals surface area contributed by atoms with E-state index in [0.717, 1.165) is 51.0 Å². The molecule has 3 fully saturated rings. The Morgan fingerprint density at radius 1 is 1.18 bits per heavy atom. The number of hydrogen-bond acceptors (Lipinski definition) is 5. The molecule has 4 rings (SSSR count). The molecule has 1 saturated carbocycles. The van der Waals surface area contributed by atoms with Crippen LogP contribution in [0.4, 0.5) is 0 Å². The Balaban J connectivity index is 1.36. The molecule has 22 heavy (non-hydrogen) atoms. The third-order valence-corrected chi connectivity index (χ3v) is 4.85. The number of likely N-dealkylation sites (tertiary alicyclic amines) is 1. The molecule has 1 aromatic rings. The van der Waals surface area contributed by atoms with E-state index in [0.29, 0.717) is 24.1 Å². The molecular weight excluding hydrogens is 284 g/mol. The Kier molecular flexibility index (Phi) is 3.35. The second-order valence-corrected chi connectivity index (χ2v) is 6.52. The molecule has 118 valence electrons. The van der Waals surface area contributed by atoms with Gasteiger partial charge in [-0.3, -0.25) is 9.59 Å². The second kappa shape index (κ2) is 5.37. The predicted octanol–water partition coefficient (Wildman–Crippen LogP) is 1.14. The van der Waals surface area contributed by atoms with E-state index in [4.69, 9.17) is 4.52 Å². The van der Waals surface area contributed by atoms with Gasteiger partial charge in [-0.05, 0) is 32.1 Å². The van der Waals surface area contributed by atoms with Crippen molar-refractivity contribution in [1.29, 1.82) is 0 Å². The Morgan fingerprint density at radius 2 is 1.95 bits per heavy atom. The van der Waals surface area contributed by atoms with Gasteiger partial charge in [-0.15, -0.1) is 0 Å². The third kappa shape index (κ3) is 2.60. The van der Waals surface area contributed by atoms with Crippen molar-refractivity contribution in [3.8, 4) is 0 Å². The highest BCUT2D eigenvalue weighted by Crippen LogP contribution is 2.34. The van der Waals surface area contributed by atoms with Crippen LogP contribution in [0.5, 0.6) is 0 Å². The van der Waals surface area contributed by atoms with E-state index < -0.39 is 0 Å². The minimum absolute atomic E-state index is 0.0386.